The SMILES string of the molecule is COCOC(C#N)(C#N)[C@H](N=[N+]=[N-])[C@H](C)OCc1ccccc1. The van der Waals surface area contributed by atoms with E-state index in [1.54, 1.807) is 19.1 Å². The second-order valence-corrected chi connectivity index (χ2v) is 4.66. The first-order chi connectivity index (χ1) is 11.1. The molecule has 23 heavy (non-hydrogen) atoms. The summed E-state index contributed by atoms with van der Waals surface area (Å²) in [5.74, 6) is 0. The van der Waals surface area contributed by atoms with Crippen molar-refractivity contribution in [2.24, 2.45) is 5.11 Å². The largest absolute Gasteiger partial charge is 0.373 e. The second kappa shape index (κ2) is 9.42. The van der Waals surface area contributed by atoms with E-state index < -0.39 is 17.7 Å². The molecule has 0 aliphatic heterocycles. The number of azide groups is 1. The monoisotopic (exact) mass is 315 g/mol. The van der Waals surface area contributed by atoms with Crippen LogP contribution in [0.4, 0.5) is 0 Å². The molecule has 0 saturated carbocycles. The molecule has 0 aliphatic rings. The van der Waals surface area contributed by atoms with E-state index in [-0.39, 0.29) is 13.4 Å². The van der Waals surface area contributed by atoms with Crippen molar-refractivity contribution in [3.05, 3.63) is 46.3 Å². The molecule has 0 unspecified atom stereocenters. The van der Waals surface area contributed by atoms with Crippen molar-refractivity contribution in [2.75, 3.05) is 13.9 Å². The molecule has 0 bridgehead atoms. The summed E-state index contributed by atoms with van der Waals surface area (Å²) in [5.41, 5.74) is 7.67. The molecule has 1 aromatic rings. The maximum absolute atomic E-state index is 9.34. The minimum atomic E-state index is -1.99. The highest BCUT2D eigenvalue weighted by molar-refractivity contribution is 5.24. The van der Waals surface area contributed by atoms with Gasteiger partial charge in [0.1, 0.15) is 25.0 Å². The Kier molecular flexibility index (Phi) is 7.55. The normalized spacial score (nSPS) is 13.2. The maximum atomic E-state index is 9.34. The first kappa shape index (κ1) is 18.4. The average Bonchev–Trinajstić information content (AvgIpc) is 2.60. The van der Waals surface area contributed by atoms with Crippen molar-refractivity contribution in [3.63, 3.8) is 0 Å². The van der Waals surface area contributed by atoms with Gasteiger partial charge in [-0.3, -0.25) is 0 Å². The fourth-order valence-electron chi connectivity index (χ4n) is 1.91. The van der Waals surface area contributed by atoms with Gasteiger partial charge < -0.3 is 14.2 Å². The second-order valence-electron chi connectivity index (χ2n) is 4.66. The molecule has 0 saturated heterocycles. The van der Waals surface area contributed by atoms with E-state index in [2.05, 4.69) is 10.0 Å². The molecule has 0 aromatic heterocycles. The molecular formula is C15H17N5O3. The van der Waals surface area contributed by atoms with Crippen molar-refractivity contribution in [2.45, 2.75) is 31.3 Å². The fourth-order valence-corrected chi connectivity index (χ4v) is 1.91. The molecule has 2 atom stereocenters. The van der Waals surface area contributed by atoms with E-state index in [1.807, 2.05) is 30.3 Å². The van der Waals surface area contributed by atoms with Gasteiger partial charge in [-0.15, -0.1) is 0 Å². The highest BCUT2D eigenvalue weighted by Crippen LogP contribution is 2.24. The number of hydrogen-bond acceptors (Lipinski definition) is 6. The van der Waals surface area contributed by atoms with Crippen LogP contribution in [0, 0.1) is 22.7 Å². The van der Waals surface area contributed by atoms with Crippen molar-refractivity contribution >= 4 is 0 Å². The molecule has 0 aliphatic carbocycles. The van der Waals surface area contributed by atoms with E-state index in [0.717, 1.165) is 5.56 Å². The predicted octanol–water partition coefficient (Wildman–Crippen LogP) is 2.68. The van der Waals surface area contributed by atoms with Gasteiger partial charge in [-0.1, -0.05) is 35.4 Å². The summed E-state index contributed by atoms with van der Waals surface area (Å²) < 4.78 is 15.6. The summed E-state index contributed by atoms with van der Waals surface area (Å²) in [6.07, 6.45) is -0.720. The zero-order chi connectivity index (χ0) is 17.1. The average molecular weight is 315 g/mol. The molecule has 8 heteroatoms. The topological polar surface area (TPSA) is 124 Å². The van der Waals surface area contributed by atoms with Gasteiger partial charge in [-0.25, -0.2) is 0 Å². The lowest BCUT2D eigenvalue weighted by atomic mass is 9.93. The predicted molar refractivity (Wildman–Crippen MR) is 80.5 cm³/mol. The molecule has 0 amide bonds. The van der Waals surface area contributed by atoms with Gasteiger partial charge in [0, 0.05) is 12.0 Å². The highest BCUT2D eigenvalue weighted by atomic mass is 16.7. The lowest BCUT2D eigenvalue weighted by molar-refractivity contribution is -0.109. The van der Waals surface area contributed by atoms with E-state index in [9.17, 15) is 10.5 Å². The standard InChI is InChI=1S/C15H17N5O3/c1-12(22-8-13-6-4-3-5-7-13)14(19-20-18)15(9-16,10-17)23-11-21-2/h3-7,12,14H,8,11H2,1-2H3/t12-,14+/m0/s1. The van der Waals surface area contributed by atoms with E-state index >= 15 is 0 Å². The summed E-state index contributed by atoms with van der Waals surface area (Å²) in [6.45, 7) is 1.57. The smallest absolute Gasteiger partial charge is 0.254 e. The molecule has 0 heterocycles. The Morgan fingerprint density at radius 1 is 1.30 bits per heavy atom. The van der Waals surface area contributed by atoms with E-state index in [1.165, 1.54) is 7.11 Å². The number of methoxy groups -OCH3 is 1. The summed E-state index contributed by atoms with van der Waals surface area (Å²) in [6, 6.07) is 11.7. The summed E-state index contributed by atoms with van der Waals surface area (Å²) in [5, 5.41) is 22.2. The van der Waals surface area contributed by atoms with Crippen LogP contribution < -0.4 is 0 Å². The van der Waals surface area contributed by atoms with E-state index in [0.29, 0.717) is 0 Å². The van der Waals surface area contributed by atoms with Crippen LogP contribution in [0.1, 0.15) is 12.5 Å². The van der Waals surface area contributed by atoms with Crippen LogP contribution in [0.25, 0.3) is 10.4 Å². The third-order valence-electron chi connectivity index (χ3n) is 3.13. The van der Waals surface area contributed by atoms with Crippen LogP contribution in [0.15, 0.2) is 35.4 Å². The number of rotatable bonds is 9. The Labute approximate surface area is 134 Å². The van der Waals surface area contributed by atoms with Crippen LogP contribution in [-0.2, 0) is 20.8 Å². The highest BCUT2D eigenvalue weighted by Gasteiger charge is 2.44. The zero-order valence-corrected chi connectivity index (χ0v) is 12.9. The summed E-state index contributed by atoms with van der Waals surface area (Å²) in [7, 11) is 1.36. The van der Waals surface area contributed by atoms with Gasteiger partial charge in [0.25, 0.3) is 5.60 Å². The quantitative estimate of drug-likeness (QED) is 0.300. The molecule has 0 spiro atoms. The Balaban J connectivity index is 2.92. The number of nitrogens with zero attached hydrogens (tertiary/aromatic N) is 5. The van der Waals surface area contributed by atoms with Gasteiger partial charge in [0.05, 0.1) is 12.7 Å². The Bertz CT molecular complexity index is 602. The minimum absolute atomic E-state index is 0.247. The van der Waals surface area contributed by atoms with Crippen molar-refractivity contribution in [1.29, 1.82) is 10.5 Å². The Morgan fingerprint density at radius 3 is 2.48 bits per heavy atom. The van der Waals surface area contributed by atoms with E-state index in [4.69, 9.17) is 19.7 Å². The van der Waals surface area contributed by atoms with Gasteiger partial charge in [0.2, 0.25) is 0 Å². The molecule has 0 fully saturated rings. The van der Waals surface area contributed by atoms with Crippen molar-refractivity contribution in [1.82, 2.24) is 0 Å². The lowest BCUT2D eigenvalue weighted by Crippen LogP contribution is -2.48. The van der Waals surface area contributed by atoms with Gasteiger partial charge in [0.15, 0.2) is 0 Å². The third kappa shape index (κ3) is 4.96. The molecule has 1 aromatic carbocycles. The molecular weight excluding hydrogens is 298 g/mol. The van der Waals surface area contributed by atoms with Crippen LogP contribution in [-0.4, -0.2) is 31.6 Å². The van der Waals surface area contributed by atoms with Gasteiger partial charge in [-0.05, 0) is 18.0 Å². The molecule has 120 valence electrons. The first-order valence-corrected chi connectivity index (χ1v) is 6.78. The summed E-state index contributed by atoms with van der Waals surface area (Å²) >= 11 is 0. The van der Waals surface area contributed by atoms with Crippen LogP contribution in [0.5, 0.6) is 0 Å². The first-order valence-electron chi connectivity index (χ1n) is 6.78. The number of nitriles is 2. The lowest BCUT2D eigenvalue weighted by Gasteiger charge is -2.29. The van der Waals surface area contributed by atoms with Crippen molar-refractivity contribution < 1.29 is 14.2 Å². The number of ether oxygens (including phenoxy) is 3. The minimum Gasteiger partial charge on any atom is -0.373 e. The number of hydrogen-bond donors (Lipinski definition) is 0. The van der Waals surface area contributed by atoms with Crippen LogP contribution >= 0.6 is 0 Å². The third-order valence-corrected chi connectivity index (χ3v) is 3.13. The maximum Gasteiger partial charge on any atom is 0.254 e. The fraction of sp³-hybridized carbons (Fsp3) is 0.467. The molecule has 8 nitrogen and oxygen atoms in total. The molecule has 0 N–H and O–H groups in total. The van der Waals surface area contributed by atoms with Gasteiger partial charge in [-0.2, -0.15) is 10.5 Å². The van der Waals surface area contributed by atoms with Crippen molar-refractivity contribution in [3.8, 4) is 12.1 Å². The summed E-state index contributed by atoms with van der Waals surface area (Å²) in [4.78, 5) is 2.70. The van der Waals surface area contributed by atoms with Crippen LogP contribution in [0.3, 0.4) is 0 Å². The molecule has 1 rings (SSSR count). The zero-order valence-electron chi connectivity index (χ0n) is 12.9. The Hall–Kier alpha value is -2.61. The van der Waals surface area contributed by atoms with Gasteiger partial charge >= 0.3 is 0 Å². The number of benzene rings is 1. The molecule has 0 radical (unpaired) electrons. The van der Waals surface area contributed by atoms with Crippen LogP contribution in [0.2, 0.25) is 0 Å². The Morgan fingerprint density at radius 2 is 1.96 bits per heavy atom.